The lowest BCUT2D eigenvalue weighted by molar-refractivity contribution is 0.111. The van der Waals surface area contributed by atoms with Crippen LogP contribution in [0.1, 0.15) is 16.1 Å². The van der Waals surface area contributed by atoms with E-state index in [1.807, 2.05) is 0 Å². The molecule has 5 nitrogen and oxygen atoms in total. The normalized spacial score (nSPS) is 10.2. The first kappa shape index (κ1) is 11.3. The van der Waals surface area contributed by atoms with Crippen LogP contribution in [0.2, 0.25) is 0 Å². The summed E-state index contributed by atoms with van der Waals surface area (Å²) in [6.07, 6.45) is 2.20. The third kappa shape index (κ3) is 2.47. The molecule has 0 spiro atoms. The minimum Gasteiger partial charge on any atom is -0.483 e. The number of aldehydes is 1. The molecule has 0 aliphatic rings. The second-order valence-electron chi connectivity index (χ2n) is 3.45. The standard InChI is InChI=1S/C11H10FN3O2/c1-15-5-9(13-14-15)7-17-11-8(6-16)3-2-4-10(11)12/h2-6H,7H2,1H3. The van der Waals surface area contributed by atoms with E-state index < -0.39 is 5.82 Å². The van der Waals surface area contributed by atoms with Crippen LogP contribution in [0.5, 0.6) is 5.75 Å². The maximum Gasteiger partial charge on any atom is 0.166 e. The van der Waals surface area contributed by atoms with Gasteiger partial charge in [0, 0.05) is 7.05 Å². The van der Waals surface area contributed by atoms with Crippen LogP contribution in [0.25, 0.3) is 0 Å². The summed E-state index contributed by atoms with van der Waals surface area (Å²) >= 11 is 0. The summed E-state index contributed by atoms with van der Waals surface area (Å²) in [6.45, 7) is 0.0651. The van der Waals surface area contributed by atoms with Gasteiger partial charge in [0.25, 0.3) is 0 Å². The number of halogens is 1. The lowest BCUT2D eigenvalue weighted by Gasteiger charge is -2.07. The Hall–Kier alpha value is -2.24. The summed E-state index contributed by atoms with van der Waals surface area (Å²) in [5, 5.41) is 7.51. The van der Waals surface area contributed by atoms with E-state index in [-0.39, 0.29) is 17.9 Å². The summed E-state index contributed by atoms with van der Waals surface area (Å²) in [6, 6.07) is 4.18. The number of ether oxygens (including phenoxy) is 1. The number of hydrogen-bond acceptors (Lipinski definition) is 4. The molecule has 2 aromatic rings. The van der Waals surface area contributed by atoms with Crippen molar-refractivity contribution in [1.29, 1.82) is 0 Å². The number of benzene rings is 1. The molecule has 0 aliphatic carbocycles. The van der Waals surface area contributed by atoms with Crippen LogP contribution in [0.3, 0.4) is 0 Å². The first-order chi connectivity index (χ1) is 8.20. The fraction of sp³-hybridized carbons (Fsp3) is 0.182. The molecule has 0 aliphatic heterocycles. The van der Waals surface area contributed by atoms with E-state index >= 15 is 0 Å². The summed E-state index contributed by atoms with van der Waals surface area (Å²) in [5.74, 6) is -0.633. The molecule has 0 unspecified atom stereocenters. The maximum absolute atomic E-state index is 13.4. The van der Waals surface area contributed by atoms with E-state index in [9.17, 15) is 9.18 Å². The van der Waals surface area contributed by atoms with Gasteiger partial charge < -0.3 is 4.74 Å². The molecule has 6 heteroatoms. The third-order valence-electron chi connectivity index (χ3n) is 2.14. The number of carbonyl (C=O) groups is 1. The van der Waals surface area contributed by atoms with Crippen molar-refractivity contribution in [2.45, 2.75) is 6.61 Å². The number of aromatic nitrogens is 3. The van der Waals surface area contributed by atoms with Crippen molar-refractivity contribution in [3.05, 3.63) is 41.5 Å². The lowest BCUT2D eigenvalue weighted by Crippen LogP contribution is -2.01. The fourth-order valence-electron chi connectivity index (χ4n) is 1.38. The third-order valence-corrected chi connectivity index (χ3v) is 2.14. The minimum absolute atomic E-state index is 0.0619. The monoisotopic (exact) mass is 235 g/mol. The molecule has 0 fully saturated rings. The smallest absolute Gasteiger partial charge is 0.166 e. The van der Waals surface area contributed by atoms with Gasteiger partial charge in [-0.2, -0.15) is 0 Å². The van der Waals surface area contributed by atoms with Gasteiger partial charge in [-0.15, -0.1) is 5.10 Å². The second kappa shape index (κ2) is 4.73. The topological polar surface area (TPSA) is 57.0 Å². The molecule has 0 N–H and O–H groups in total. The number of rotatable bonds is 4. The van der Waals surface area contributed by atoms with E-state index in [1.54, 1.807) is 13.2 Å². The van der Waals surface area contributed by atoms with Gasteiger partial charge in [-0.05, 0) is 12.1 Å². The van der Waals surface area contributed by atoms with Gasteiger partial charge in [-0.25, -0.2) is 4.39 Å². The van der Waals surface area contributed by atoms with E-state index in [2.05, 4.69) is 10.3 Å². The van der Waals surface area contributed by atoms with E-state index in [1.165, 1.54) is 22.9 Å². The van der Waals surface area contributed by atoms with Gasteiger partial charge in [0.1, 0.15) is 12.3 Å². The van der Waals surface area contributed by atoms with Gasteiger partial charge in [0.2, 0.25) is 0 Å². The summed E-state index contributed by atoms with van der Waals surface area (Å²) < 4.78 is 20.2. The SMILES string of the molecule is Cn1cc(COc2c(F)cccc2C=O)nn1. The molecule has 17 heavy (non-hydrogen) atoms. The Morgan fingerprint density at radius 2 is 2.35 bits per heavy atom. The maximum atomic E-state index is 13.4. The van der Waals surface area contributed by atoms with Crippen LogP contribution in [0, 0.1) is 5.82 Å². The Labute approximate surface area is 96.8 Å². The van der Waals surface area contributed by atoms with E-state index in [0.29, 0.717) is 12.0 Å². The average Bonchev–Trinajstić information content (AvgIpc) is 2.73. The molecule has 1 aromatic carbocycles. The molecule has 0 atom stereocenters. The predicted octanol–water partition coefficient (Wildman–Crippen LogP) is 1.35. The van der Waals surface area contributed by atoms with Crippen LogP contribution in [0.4, 0.5) is 4.39 Å². The van der Waals surface area contributed by atoms with Gasteiger partial charge >= 0.3 is 0 Å². The van der Waals surface area contributed by atoms with Crippen LogP contribution >= 0.6 is 0 Å². The Bertz CT molecular complexity index is 539. The first-order valence-corrected chi connectivity index (χ1v) is 4.92. The highest BCUT2D eigenvalue weighted by Gasteiger charge is 2.10. The van der Waals surface area contributed by atoms with Gasteiger partial charge in [0.15, 0.2) is 17.9 Å². The molecule has 0 saturated heterocycles. The highest BCUT2D eigenvalue weighted by molar-refractivity contribution is 5.79. The van der Waals surface area contributed by atoms with Crippen molar-refractivity contribution in [2.75, 3.05) is 0 Å². The van der Waals surface area contributed by atoms with Gasteiger partial charge in [-0.1, -0.05) is 11.3 Å². The summed E-state index contributed by atoms with van der Waals surface area (Å²) in [5.41, 5.74) is 0.737. The zero-order valence-electron chi connectivity index (χ0n) is 9.13. The molecular formula is C11H10FN3O2. The quantitative estimate of drug-likeness (QED) is 0.750. The number of carbonyl (C=O) groups excluding carboxylic acids is 1. The summed E-state index contributed by atoms with van der Waals surface area (Å²) in [4.78, 5) is 10.7. The van der Waals surface area contributed by atoms with Gasteiger partial charge in [-0.3, -0.25) is 9.48 Å². The molecule has 0 bridgehead atoms. The summed E-state index contributed by atoms with van der Waals surface area (Å²) in [7, 11) is 1.72. The van der Waals surface area contributed by atoms with Crippen LogP contribution in [0.15, 0.2) is 24.4 Å². The number of hydrogen-bond donors (Lipinski definition) is 0. The average molecular weight is 235 g/mol. The minimum atomic E-state index is -0.571. The predicted molar refractivity (Wildman–Crippen MR) is 57.1 cm³/mol. The zero-order chi connectivity index (χ0) is 12.3. The van der Waals surface area contributed by atoms with Crippen LogP contribution in [-0.2, 0) is 13.7 Å². The van der Waals surface area contributed by atoms with Crippen molar-refractivity contribution in [1.82, 2.24) is 15.0 Å². The highest BCUT2D eigenvalue weighted by Crippen LogP contribution is 2.21. The zero-order valence-corrected chi connectivity index (χ0v) is 9.13. The fourth-order valence-corrected chi connectivity index (χ4v) is 1.38. The molecule has 1 aromatic heterocycles. The Morgan fingerprint density at radius 3 is 3.00 bits per heavy atom. The molecular weight excluding hydrogens is 225 g/mol. The molecule has 0 amide bonds. The molecule has 0 saturated carbocycles. The Balaban J connectivity index is 2.16. The second-order valence-corrected chi connectivity index (χ2v) is 3.45. The van der Waals surface area contributed by atoms with Gasteiger partial charge in [0.05, 0.1) is 11.8 Å². The molecule has 88 valence electrons. The largest absolute Gasteiger partial charge is 0.483 e. The highest BCUT2D eigenvalue weighted by atomic mass is 19.1. The molecule has 2 rings (SSSR count). The van der Waals surface area contributed by atoms with Crippen LogP contribution in [-0.4, -0.2) is 21.3 Å². The Morgan fingerprint density at radius 1 is 1.53 bits per heavy atom. The number of aryl methyl sites for hydroxylation is 1. The van der Waals surface area contributed by atoms with Crippen LogP contribution < -0.4 is 4.74 Å². The molecule has 1 heterocycles. The first-order valence-electron chi connectivity index (χ1n) is 4.92. The van der Waals surface area contributed by atoms with E-state index in [4.69, 9.17) is 4.74 Å². The molecule has 0 radical (unpaired) electrons. The van der Waals surface area contributed by atoms with Crippen molar-refractivity contribution < 1.29 is 13.9 Å². The lowest BCUT2D eigenvalue weighted by atomic mass is 10.2. The van der Waals surface area contributed by atoms with E-state index in [0.717, 1.165) is 0 Å². The Kier molecular flexibility index (Phi) is 3.13. The van der Waals surface area contributed by atoms with Crippen molar-refractivity contribution in [2.24, 2.45) is 7.05 Å². The van der Waals surface area contributed by atoms with Crippen molar-refractivity contribution >= 4 is 6.29 Å². The van der Waals surface area contributed by atoms with Crippen molar-refractivity contribution in [3.8, 4) is 5.75 Å². The number of para-hydroxylation sites is 1. The van der Waals surface area contributed by atoms with Crippen molar-refractivity contribution in [3.63, 3.8) is 0 Å². The number of nitrogens with zero attached hydrogens (tertiary/aromatic N) is 3.